The summed E-state index contributed by atoms with van der Waals surface area (Å²) in [6.07, 6.45) is 4.72. The SMILES string of the molecule is C[C@H]1CC2CC2c2cccnc21. The van der Waals surface area contributed by atoms with Gasteiger partial charge in [-0.2, -0.15) is 0 Å². The second kappa shape index (κ2) is 2.09. The average molecular weight is 159 g/mol. The third kappa shape index (κ3) is 0.767. The van der Waals surface area contributed by atoms with Crippen LogP contribution in [0.5, 0.6) is 0 Å². The number of hydrogen-bond acceptors (Lipinski definition) is 1. The fraction of sp³-hybridized carbons (Fsp3) is 0.545. The first-order valence-corrected chi connectivity index (χ1v) is 4.81. The molecule has 1 aromatic rings. The Labute approximate surface area is 72.8 Å². The van der Waals surface area contributed by atoms with Gasteiger partial charge in [-0.25, -0.2) is 0 Å². The summed E-state index contributed by atoms with van der Waals surface area (Å²) in [4.78, 5) is 4.48. The second-order valence-corrected chi connectivity index (χ2v) is 4.22. The van der Waals surface area contributed by atoms with Crippen molar-refractivity contribution in [3.63, 3.8) is 0 Å². The number of hydrogen-bond donors (Lipinski definition) is 0. The minimum absolute atomic E-state index is 0.699. The van der Waals surface area contributed by atoms with E-state index >= 15 is 0 Å². The van der Waals surface area contributed by atoms with Crippen LogP contribution >= 0.6 is 0 Å². The summed E-state index contributed by atoms with van der Waals surface area (Å²) >= 11 is 0. The van der Waals surface area contributed by atoms with Gasteiger partial charge in [-0.15, -0.1) is 0 Å². The van der Waals surface area contributed by atoms with Crippen LogP contribution in [0.25, 0.3) is 0 Å². The summed E-state index contributed by atoms with van der Waals surface area (Å²) in [6.45, 7) is 2.31. The molecule has 1 saturated carbocycles. The van der Waals surface area contributed by atoms with Crippen molar-refractivity contribution in [2.45, 2.75) is 31.6 Å². The summed E-state index contributed by atoms with van der Waals surface area (Å²) in [5.74, 6) is 2.58. The van der Waals surface area contributed by atoms with Crippen molar-refractivity contribution in [2.24, 2.45) is 5.92 Å². The molecule has 0 amide bonds. The Morgan fingerprint density at radius 2 is 2.33 bits per heavy atom. The van der Waals surface area contributed by atoms with Crippen LogP contribution in [0.15, 0.2) is 18.3 Å². The van der Waals surface area contributed by atoms with E-state index in [9.17, 15) is 0 Å². The molecule has 0 radical (unpaired) electrons. The van der Waals surface area contributed by atoms with Gasteiger partial charge >= 0.3 is 0 Å². The largest absolute Gasteiger partial charge is 0.261 e. The maximum atomic E-state index is 4.48. The van der Waals surface area contributed by atoms with Crippen molar-refractivity contribution in [1.29, 1.82) is 0 Å². The zero-order chi connectivity index (χ0) is 8.13. The first-order chi connectivity index (χ1) is 5.86. The lowest BCUT2D eigenvalue weighted by Crippen LogP contribution is -2.07. The number of pyridine rings is 1. The average Bonchev–Trinajstić information content (AvgIpc) is 2.84. The Balaban J connectivity index is 2.15. The summed E-state index contributed by atoms with van der Waals surface area (Å²) in [7, 11) is 0. The Bertz CT molecular complexity index is 304. The molecular weight excluding hydrogens is 146 g/mol. The number of fused-ring (bicyclic) bond motifs is 3. The molecular formula is C11H13N. The van der Waals surface area contributed by atoms with Gasteiger partial charge in [0.15, 0.2) is 0 Å². The molecule has 2 unspecified atom stereocenters. The lowest BCUT2D eigenvalue weighted by molar-refractivity contribution is 0.559. The molecule has 3 atom stereocenters. The molecule has 2 aliphatic carbocycles. The van der Waals surface area contributed by atoms with E-state index in [-0.39, 0.29) is 0 Å². The van der Waals surface area contributed by atoms with Gasteiger partial charge in [0.05, 0.1) is 0 Å². The van der Waals surface area contributed by atoms with Crippen LogP contribution < -0.4 is 0 Å². The molecule has 0 N–H and O–H groups in total. The predicted octanol–water partition coefficient (Wildman–Crippen LogP) is 2.69. The van der Waals surface area contributed by atoms with Gasteiger partial charge in [-0.05, 0) is 42.2 Å². The van der Waals surface area contributed by atoms with Crippen molar-refractivity contribution in [2.75, 3.05) is 0 Å². The van der Waals surface area contributed by atoms with Crippen molar-refractivity contribution in [3.05, 3.63) is 29.6 Å². The molecule has 1 nitrogen and oxygen atoms in total. The highest BCUT2D eigenvalue weighted by atomic mass is 14.7. The van der Waals surface area contributed by atoms with Crippen LogP contribution in [0.3, 0.4) is 0 Å². The highest BCUT2D eigenvalue weighted by molar-refractivity contribution is 5.35. The molecule has 12 heavy (non-hydrogen) atoms. The molecule has 0 bridgehead atoms. The van der Waals surface area contributed by atoms with E-state index in [1.807, 2.05) is 6.20 Å². The van der Waals surface area contributed by atoms with Crippen LogP contribution in [-0.4, -0.2) is 4.98 Å². The first kappa shape index (κ1) is 6.64. The number of rotatable bonds is 0. The van der Waals surface area contributed by atoms with E-state index < -0.39 is 0 Å². The van der Waals surface area contributed by atoms with Gasteiger partial charge in [0.1, 0.15) is 0 Å². The summed E-state index contributed by atoms with van der Waals surface area (Å²) in [5.41, 5.74) is 2.91. The Kier molecular flexibility index (Phi) is 1.16. The van der Waals surface area contributed by atoms with Crippen molar-refractivity contribution in [3.8, 4) is 0 Å². The molecule has 0 aromatic carbocycles. The van der Waals surface area contributed by atoms with Gasteiger partial charge in [-0.3, -0.25) is 4.98 Å². The number of aromatic nitrogens is 1. The second-order valence-electron chi connectivity index (χ2n) is 4.22. The minimum Gasteiger partial charge on any atom is -0.261 e. The van der Waals surface area contributed by atoms with E-state index in [4.69, 9.17) is 0 Å². The van der Waals surface area contributed by atoms with Crippen LogP contribution in [0, 0.1) is 5.92 Å². The molecule has 0 saturated heterocycles. The third-order valence-electron chi connectivity index (χ3n) is 3.32. The lowest BCUT2D eigenvalue weighted by Gasteiger charge is -2.19. The van der Waals surface area contributed by atoms with E-state index in [0.717, 1.165) is 11.8 Å². The fourth-order valence-corrected chi connectivity index (χ4v) is 2.61. The van der Waals surface area contributed by atoms with E-state index in [1.54, 1.807) is 5.56 Å². The normalized spacial score (nSPS) is 36.9. The van der Waals surface area contributed by atoms with Crippen LogP contribution in [0.1, 0.15) is 42.9 Å². The van der Waals surface area contributed by atoms with E-state index in [2.05, 4.69) is 24.0 Å². The van der Waals surface area contributed by atoms with Gasteiger partial charge < -0.3 is 0 Å². The quantitative estimate of drug-likeness (QED) is 0.567. The Hall–Kier alpha value is -0.850. The molecule has 62 valence electrons. The summed E-state index contributed by atoms with van der Waals surface area (Å²) in [6, 6.07) is 4.34. The molecule has 0 spiro atoms. The standard InChI is InChI=1S/C11H13N/c1-7-5-8-6-10(8)9-3-2-4-12-11(7)9/h2-4,7-8,10H,5-6H2,1H3/t7-,8?,10?/m0/s1. The van der Waals surface area contributed by atoms with Crippen LogP contribution in [-0.2, 0) is 0 Å². The molecule has 2 aliphatic rings. The van der Waals surface area contributed by atoms with Crippen LogP contribution in [0.2, 0.25) is 0 Å². The van der Waals surface area contributed by atoms with E-state index in [0.29, 0.717) is 5.92 Å². The monoisotopic (exact) mass is 159 g/mol. The van der Waals surface area contributed by atoms with Crippen molar-refractivity contribution in [1.82, 2.24) is 4.98 Å². The highest BCUT2D eigenvalue weighted by Crippen LogP contribution is 2.57. The molecule has 1 heteroatoms. The van der Waals surface area contributed by atoms with Gasteiger partial charge in [0.25, 0.3) is 0 Å². The minimum atomic E-state index is 0.699. The summed E-state index contributed by atoms with van der Waals surface area (Å²) in [5, 5.41) is 0. The lowest BCUT2D eigenvalue weighted by atomic mass is 9.88. The Morgan fingerprint density at radius 3 is 3.25 bits per heavy atom. The molecule has 0 aliphatic heterocycles. The topological polar surface area (TPSA) is 12.9 Å². The zero-order valence-electron chi connectivity index (χ0n) is 7.33. The van der Waals surface area contributed by atoms with Crippen LogP contribution in [0.4, 0.5) is 0 Å². The van der Waals surface area contributed by atoms with Gasteiger partial charge in [0, 0.05) is 11.9 Å². The molecule has 1 fully saturated rings. The molecule has 3 rings (SSSR count). The van der Waals surface area contributed by atoms with Crippen molar-refractivity contribution >= 4 is 0 Å². The van der Waals surface area contributed by atoms with E-state index in [1.165, 1.54) is 18.5 Å². The number of nitrogens with zero attached hydrogens (tertiary/aromatic N) is 1. The summed E-state index contributed by atoms with van der Waals surface area (Å²) < 4.78 is 0. The Morgan fingerprint density at radius 1 is 1.42 bits per heavy atom. The highest BCUT2D eigenvalue weighted by Gasteiger charge is 2.44. The predicted molar refractivity (Wildman–Crippen MR) is 48.1 cm³/mol. The smallest absolute Gasteiger partial charge is 0.0466 e. The van der Waals surface area contributed by atoms with Gasteiger partial charge in [-0.1, -0.05) is 13.0 Å². The zero-order valence-corrected chi connectivity index (χ0v) is 7.33. The fourth-order valence-electron chi connectivity index (χ4n) is 2.61. The van der Waals surface area contributed by atoms with Gasteiger partial charge in [0.2, 0.25) is 0 Å². The first-order valence-electron chi connectivity index (χ1n) is 4.81. The molecule has 1 heterocycles. The molecule has 1 aromatic heterocycles. The third-order valence-corrected chi connectivity index (χ3v) is 3.32. The maximum Gasteiger partial charge on any atom is 0.0466 e. The maximum absolute atomic E-state index is 4.48. The van der Waals surface area contributed by atoms with Crippen molar-refractivity contribution < 1.29 is 0 Å².